The highest BCUT2D eigenvalue weighted by Crippen LogP contribution is 2.13. The summed E-state index contributed by atoms with van der Waals surface area (Å²) in [5.41, 5.74) is 0.371. The third-order valence-electron chi connectivity index (χ3n) is 1.70. The quantitative estimate of drug-likeness (QED) is 0.588. The molecule has 80 valence electrons. The van der Waals surface area contributed by atoms with Crippen molar-refractivity contribution in [2.45, 2.75) is 20.0 Å². The van der Waals surface area contributed by atoms with E-state index in [1.165, 1.54) is 12.1 Å². The van der Waals surface area contributed by atoms with Gasteiger partial charge in [-0.2, -0.15) is 0 Å². The highest BCUT2D eigenvalue weighted by Gasteiger charge is 2.16. The van der Waals surface area contributed by atoms with Gasteiger partial charge in [-0.3, -0.25) is 4.79 Å². The van der Waals surface area contributed by atoms with Gasteiger partial charge in [-0.05, 0) is 37.6 Å². The molecule has 4 heteroatoms. The van der Waals surface area contributed by atoms with Gasteiger partial charge in [0.15, 0.2) is 0 Å². The summed E-state index contributed by atoms with van der Waals surface area (Å²) in [6.07, 6.45) is -0.226. The van der Waals surface area contributed by atoms with E-state index in [1.54, 1.807) is 26.0 Å². The Hall–Kier alpha value is -1.35. The Bertz CT molecular complexity index is 385. The summed E-state index contributed by atoms with van der Waals surface area (Å²) in [6.45, 7) is 3.48. The molecule has 0 spiro atoms. The van der Waals surface area contributed by atoms with Gasteiger partial charge in [0.05, 0.1) is 11.7 Å². The zero-order valence-electron chi connectivity index (χ0n) is 8.49. The number of benzene rings is 1. The average Bonchev–Trinajstić information content (AvgIpc) is 2.16. The molecule has 0 saturated carbocycles. The molecule has 0 aliphatic carbocycles. The Morgan fingerprint density at radius 3 is 2.20 bits per heavy atom. The van der Waals surface area contributed by atoms with E-state index in [0.717, 1.165) is 0 Å². The summed E-state index contributed by atoms with van der Waals surface area (Å²) in [4.78, 5) is 22.6. The van der Waals surface area contributed by atoms with Crippen LogP contribution in [0.5, 0.6) is 0 Å². The van der Waals surface area contributed by atoms with Crippen LogP contribution in [0.4, 0.5) is 0 Å². The first-order valence-electron chi connectivity index (χ1n) is 4.52. The molecule has 0 radical (unpaired) electrons. The van der Waals surface area contributed by atoms with E-state index in [-0.39, 0.29) is 17.2 Å². The van der Waals surface area contributed by atoms with Gasteiger partial charge in [-0.1, -0.05) is 12.1 Å². The number of ether oxygens (including phenoxy) is 1. The number of halogens is 1. The van der Waals surface area contributed by atoms with Crippen LogP contribution in [0.3, 0.4) is 0 Å². The first kappa shape index (κ1) is 11.7. The van der Waals surface area contributed by atoms with Crippen LogP contribution in [0.1, 0.15) is 34.6 Å². The fourth-order valence-corrected chi connectivity index (χ4v) is 1.27. The van der Waals surface area contributed by atoms with Gasteiger partial charge >= 0.3 is 5.97 Å². The van der Waals surface area contributed by atoms with E-state index in [9.17, 15) is 9.59 Å². The van der Waals surface area contributed by atoms with E-state index >= 15 is 0 Å². The Balaban J connectivity index is 3.03. The van der Waals surface area contributed by atoms with Crippen LogP contribution in [0.2, 0.25) is 0 Å². The minimum Gasteiger partial charge on any atom is -0.459 e. The minimum atomic E-state index is -0.661. The van der Waals surface area contributed by atoms with Crippen LogP contribution in [-0.2, 0) is 4.74 Å². The lowest BCUT2D eigenvalue weighted by Gasteiger charge is -2.09. The maximum atomic E-state index is 11.5. The van der Waals surface area contributed by atoms with Gasteiger partial charge in [0.25, 0.3) is 5.24 Å². The predicted molar refractivity (Wildman–Crippen MR) is 57.2 cm³/mol. The molecule has 3 nitrogen and oxygen atoms in total. The lowest BCUT2D eigenvalue weighted by Crippen LogP contribution is -2.14. The highest BCUT2D eigenvalue weighted by molar-refractivity contribution is 6.68. The van der Waals surface area contributed by atoms with E-state index in [4.69, 9.17) is 16.3 Å². The van der Waals surface area contributed by atoms with Crippen LogP contribution in [0, 0.1) is 0 Å². The number of hydrogen-bond donors (Lipinski definition) is 0. The summed E-state index contributed by atoms with van der Waals surface area (Å²) in [5, 5.41) is -0.661. The fourth-order valence-electron chi connectivity index (χ4n) is 1.11. The zero-order chi connectivity index (χ0) is 11.4. The molecule has 1 aromatic rings. The van der Waals surface area contributed by atoms with Gasteiger partial charge < -0.3 is 4.74 Å². The SMILES string of the molecule is CC(C)OC(=O)c1ccccc1C(=O)Cl. The van der Waals surface area contributed by atoms with E-state index in [2.05, 4.69) is 0 Å². The van der Waals surface area contributed by atoms with Gasteiger partial charge in [0, 0.05) is 5.56 Å². The molecule has 0 aromatic heterocycles. The molecule has 0 N–H and O–H groups in total. The standard InChI is InChI=1S/C11H11ClO3/c1-7(2)15-11(14)9-6-4-3-5-8(9)10(12)13/h3-7H,1-2H3. The first-order chi connectivity index (χ1) is 7.02. The molecular formula is C11H11ClO3. The monoisotopic (exact) mass is 226 g/mol. The summed E-state index contributed by atoms with van der Waals surface area (Å²) in [7, 11) is 0. The van der Waals surface area contributed by atoms with E-state index in [1.807, 2.05) is 0 Å². The van der Waals surface area contributed by atoms with Crippen molar-refractivity contribution >= 4 is 22.8 Å². The number of rotatable bonds is 3. The Labute approximate surface area is 93.0 Å². The second kappa shape index (κ2) is 4.94. The van der Waals surface area contributed by atoms with Crippen molar-refractivity contribution in [2.75, 3.05) is 0 Å². The second-order valence-corrected chi connectivity index (χ2v) is 3.62. The predicted octanol–water partition coefficient (Wildman–Crippen LogP) is 2.63. The lowest BCUT2D eigenvalue weighted by atomic mass is 10.1. The van der Waals surface area contributed by atoms with Crippen molar-refractivity contribution in [1.29, 1.82) is 0 Å². The van der Waals surface area contributed by atoms with Gasteiger partial charge in [-0.25, -0.2) is 4.79 Å². The molecular weight excluding hydrogens is 216 g/mol. The number of esters is 1. The molecule has 0 bridgehead atoms. The van der Waals surface area contributed by atoms with Crippen molar-refractivity contribution in [1.82, 2.24) is 0 Å². The normalized spacial score (nSPS) is 10.1. The van der Waals surface area contributed by atoms with Crippen LogP contribution in [0.15, 0.2) is 24.3 Å². The average molecular weight is 227 g/mol. The fraction of sp³-hybridized carbons (Fsp3) is 0.273. The summed E-state index contributed by atoms with van der Waals surface area (Å²) < 4.78 is 4.98. The third kappa shape index (κ3) is 3.06. The maximum absolute atomic E-state index is 11.5. The zero-order valence-corrected chi connectivity index (χ0v) is 9.25. The molecule has 0 atom stereocenters. The summed E-state index contributed by atoms with van der Waals surface area (Å²) in [5.74, 6) is -0.533. The largest absolute Gasteiger partial charge is 0.459 e. The summed E-state index contributed by atoms with van der Waals surface area (Å²) in [6, 6.07) is 6.30. The number of carbonyl (C=O) groups excluding carboxylic acids is 2. The van der Waals surface area contributed by atoms with Crippen molar-refractivity contribution < 1.29 is 14.3 Å². The molecule has 0 aliphatic rings. The summed E-state index contributed by atoms with van der Waals surface area (Å²) >= 11 is 5.34. The van der Waals surface area contributed by atoms with Gasteiger partial charge in [-0.15, -0.1) is 0 Å². The van der Waals surface area contributed by atoms with Crippen LogP contribution < -0.4 is 0 Å². The third-order valence-corrected chi connectivity index (χ3v) is 1.91. The minimum absolute atomic E-state index is 0.171. The van der Waals surface area contributed by atoms with Gasteiger partial charge in [0.1, 0.15) is 0 Å². The van der Waals surface area contributed by atoms with Crippen molar-refractivity contribution in [3.63, 3.8) is 0 Å². The Morgan fingerprint density at radius 2 is 1.73 bits per heavy atom. The Morgan fingerprint density at radius 1 is 1.20 bits per heavy atom. The molecule has 0 aliphatic heterocycles. The van der Waals surface area contributed by atoms with Crippen molar-refractivity contribution in [3.8, 4) is 0 Å². The molecule has 0 fully saturated rings. The topological polar surface area (TPSA) is 43.4 Å². The highest BCUT2D eigenvalue weighted by atomic mass is 35.5. The lowest BCUT2D eigenvalue weighted by molar-refractivity contribution is 0.0376. The second-order valence-electron chi connectivity index (χ2n) is 3.27. The molecule has 0 saturated heterocycles. The molecule has 1 aromatic carbocycles. The molecule has 1 rings (SSSR count). The van der Waals surface area contributed by atoms with Crippen LogP contribution in [0.25, 0.3) is 0 Å². The van der Waals surface area contributed by atoms with Gasteiger partial charge in [0.2, 0.25) is 0 Å². The van der Waals surface area contributed by atoms with E-state index < -0.39 is 11.2 Å². The first-order valence-corrected chi connectivity index (χ1v) is 4.90. The van der Waals surface area contributed by atoms with Crippen LogP contribution in [-0.4, -0.2) is 17.3 Å². The van der Waals surface area contributed by atoms with Crippen molar-refractivity contribution in [2.24, 2.45) is 0 Å². The molecule has 15 heavy (non-hydrogen) atoms. The molecule has 0 unspecified atom stereocenters. The van der Waals surface area contributed by atoms with E-state index in [0.29, 0.717) is 0 Å². The molecule has 0 amide bonds. The Kier molecular flexibility index (Phi) is 3.86. The molecule has 0 heterocycles. The van der Waals surface area contributed by atoms with Crippen molar-refractivity contribution in [3.05, 3.63) is 35.4 Å². The number of hydrogen-bond acceptors (Lipinski definition) is 3. The smallest absolute Gasteiger partial charge is 0.339 e. The maximum Gasteiger partial charge on any atom is 0.339 e. The van der Waals surface area contributed by atoms with Crippen LogP contribution >= 0.6 is 11.6 Å². The number of carbonyl (C=O) groups is 2.